The number of aromatic hydroxyl groups is 1. The molecule has 2 aromatic rings. The SMILES string of the molecule is CC=NCc1cc(C(CN)CCCC)ccc1Nc1cc(O)c(C(=O)NCC(F)(F)F)c(OC)c1. The molecule has 0 saturated heterocycles. The minimum atomic E-state index is -4.58. The number of hydrogen-bond donors (Lipinski definition) is 4. The molecule has 0 heterocycles. The van der Waals surface area contributed by atoms with Crippen molar-refractivity contribution in [2.24, 2.45) is 10.7 Å². The Labute approximate surface area is 203 Å². The molecule has 0 aliphatic heterocycles. The molecular weight excluding hydrogens is 461 g/mol. The first kappa shape index (κ1) is 28.0. The van der Waals surface area contributed by atoms with Gasteiger partial charge in [0.1, 0.15) is 23.6 Å². The standard InChI is InChI=1S/C25H33F3N4O3/c1-4-6-7-17(13-29)16-8-9-20(18(10-16)14-30-5-2)32-19-11-21(33)23(22(12-19)35-3)24(34)31-15-25(26,27)28/h5,8-12,17,32-33H,4,6-7,13-15,29H2,1-3H3,(H,31,34). The number of carbonyl (C=O) groups is 1. The number of anilines is 2. The van der Waals surface area contributed by atoms with Crippen LogP contribution in [0.2, 0.25) is 0 Å². The maximum atomic E-state index is 12.5. The van der Waals surface area contributed by atoms with E-state index in [0.29, 0.717) is 18.8 Å². The van der Waals surface area contributed by atoms with Crippen molar-refractivity contribution in [1.29, 1.82) is 0 Å². The zero-order chi connectivity index (χ0) is 26.0. The minimum absolute atomic E-state index is 0.0697. The summed E-state index contributed by atoms with van der Waals surface area (Å²) in [5, 5.41) is 15.4. The second-order valence-corrected chi connectivity index (χ2v) is 8.09. The van der Waals surface area contributed by atoms with Gasteiger partial charge in [-0.25, -0.2) is 0 Å². The van der Waals surface area contributed by atoms with E-state index in [9.17, 15) is 23.1 Å². The molecule has 1 unspecified atom stereocenters. The fourth-order valence-electron chi connectivity index (χ4n) is 3.67. The van der Waals surface area contributed by atoms with Gasteiger partial charge in [0.25, 0.3) is 5.91 Å². The number of nitrogens with one attached hydrogen (secondary N) is 2. The number of unbranched alkanes of at least 4 members (excludes halogenated alkanes) is 1. The van der Waals surface area contributed by atoms with E-state index in [1.54, 1.807) is 11.5 Å². The van der Waals surface area contributed by atoms with Gasteiger partial charge in [-0.3, -0.25) is 9.79 Å². The van der Waals surface area contributed by atoms with Gasteiger partial charge in [-0.1, -0.05) is 31.9 Å². The Hall–Kier alpha value is -3.27. The maximum absolute atomic E-state index is 12.5. The summed E-state index contributed by atoms with van der Waals surface area (Å²) >= 11 is 0. The van der Waals surface area contributed by atoms with Crippen molar-refractivity contribution >= 4 is 23.5 Å². The van der Waals surface area contributed by atoms with E-state index >= 15 is 0 Å². The van der Waals surface area contributed by atoms with E-state index in [0.717, 1.165) is 36.1 Å². The van der Waals surface area contributed by atoms with E-state index in [2.05, 4.69) is 23.3 Å². The van der Waals surface area contributed by atoms with Crippen molar-refractivity contribution in [3.8, 4) is 11.5 Å². The third kappa shape index (κ3) is 8.17. The maximum Gasteiger partial charge on any atom is 0.405 e. The fraction of sp³-hybridized carbons (Fsp3) is 0.440. The number of phenols is 1. The highest BCUT2D eigenvalue weighted by atomic mass is 19.4. The molecule has 0 fully saturated rings. The van der Waals surface area contributed by atoms with Gasteiger partial charge >= 0.3 is 6.18 Å². The molecular formula is C25H33F3N4O3. The first-order valence-electron chi connectivity index (χ1n) is 11.4. The van der Waals surface area contributed by atoms with Gasteiger partial charge in [0.15, 0.2) is 0 Å². The number of amides is 1. The second kappa shape index (κ2) is 13.0. The van der Waals surface area contributed by atoms with Crippen LogP contribution >= 0.6 is 0 Å². The Bertz CT molecular complexity index is 1030. The van der Waals surface area contributed by atoms with Crippen LogP contribution in [0.4, 0.5) is 24.5 Å². The van der Waals surface area contributed by atoms with Crippen LogP contribution in [0.1, 0.15) is 60.5 Å². The van der Waals surface area contributed by atoms with Gasteiger partial charge in [0.2, 0.25) is 0 Å². The largest absolute Gasteiger partial charge is 0.507 e. The quantitative estimate of drug-likeness (QED) is 0.301. The average molecular weight is 495 g/mol. The van der Waals surface area contributed by atoms with Crippen molar-refractivity contribution < 1.29 is 27.8 Å². The molecule has 2 rings (SSSR count). The van der Waals surface area contributed by atoms with Crippen molar-refractivity contribution in [3.05, 3.63) is 47.0 Å². The highest BCUT2D eigenvalue weighted by Gasteiger charge is 2.29. The van der Waals surface area contributed by atoms with E-state index in [1.807, 2.05) is 19.1 Å². The van der Waals surface area contributed by atoms with Crippen LogP contribution in [-0.2, 0) is 6.54 Å². The number of ether oxygens (including phenoxy) is 1. The van der Waals surface area contributed by atoms with Crippen molar-refractivity contribution in [2.45, 2.75) is 51.7 Å². The number of nitrogens with two attached hydrogens (primary N) is 1. The van der Waals surface area contributed by atoms with Crippen LogP contribution in [-0.4, -0.2) is 43.6 Å². The molecule has 0 aliphatic rings. The number of hydrogen-bond acceptors (Lipinski definition) is 6. The number of carbonyl (C=O) groups excluding carboxylic acids is 1. The van der Waals surface area contributed by atoms with Gasteiger partial charge in [-0.2, -0.15) is 13.2 Å². The van der Waals surface area contributed by atoms with Crippen LogP contribution in [0.3, 0.4) is 0 Å². The zero-order valence-corrected chi connectivity index (χ0v) is 20.2. The molecule has 1 atom stereocenters. The molecule has 0 aromatic heterocycles. The lowest BCUT2D eigenvalue weighted by atomic mass is 9.92. The van der Waals surface area contributed by atoms with Crippen LogP contribution in [0.25, 0.3) is 0 Å². The van der Waals surface area contributed by atoms with Gasteiger partial charge < -0.3 is 26.2 Å². The second-order valence-electron chi connectivity index (χ2n) is 8.09. The van der Waals surface area contributed by atoms with Crippen LogP contribution in [0, 0.1) is 0 Å². The first-order valence-corrected chi connectivity index (χ1v) is 11.4. The Morgan fingerprint density at radius 2 is 2.03 bits per heavy atom. The molecule has 2 aromatic carbocycles. The predicted molar refractivity (Wildman–Crippen MR) is 132 cm³/mol. The van der Waals surface area contributed by atoms with Crippen LogP contribution in [0.5, 0.6) is 11.5 Å². The van der Waals surface area contributed by atoms with E-state index < -0.39 is 24.4 Å². The molecule has 5 N–H and O–H groups in total. The zero-order valence-electron chi connectivity index (χ0n) is 20.2. The number of alkyl halides is 3. The molecule has 192 valence electrons. The monoisotopic (exact) mass is 494 g/mol. The summed E-state index contributed by atoms with van der Waals surface area (Å²) in [6, 6.07) is 8.64. The smallest absolute Gasteiger partial charge is 0.405 e. The first-order chi connectivity index (χ1) is 16.6. The molecule has 0 radical (unpaired) electrons. The Balaban J connectivity index is 2.36. The average Bonchev–Trinajstić information content (AvgIpc) is 2.81. The lowest BCUT2D eigenvalue weighted by Gasteiger charge is -2.19. The molecule has 0 aliphatic carbocycles. The molecule has 1 amide bonds. The van der Waals surface area contributed by atoms with Crippen LogP contribution in [0.15, 0.2) is 35.3 Å². The van der Waals surface area contributed by atoms with E-state index in [-0.39, 0.29) is 17.2 Å². The lowest BCUT2D eigenvalue weighted by molar-refractivity contribution is -0.123. The van der Waals surface area contributed by atoms with Gasteiger partial charge in [-0.15, -0.1) is 0 Å². The molecule has 35 heavy (non-hydrogen) atoms. The van der Waals surface area contributed by atoms with E-state index in [1.165, 1.54) is 19.2 Å². The van der Waals surface area contributed by atoms with Crippen molar-refractivity contribution in [2.75, 3.05) is 25.5 Å². The van der Waals surface area contributed by atoms with Crippen LogP contribution < -0.4 is 21.1 Å². The number of nitrogens with zero attached hydrogens (tertiary/aromatic N) is 1. The topological polar surface area (TPSA) is 109 Å². The summed E-state index contributed by atoms with van der Waals surface area (Å²) in [7, 11) is 1.26. The summed E-state index contributed by atoms with van der Waals surface area (Å²) in [4.78, 5) is 16.6. The van der Waals surface area contributed by atoms with Crippen molar-refractivity contribution in [3.63, 3.8) is 0 Å². The van der Waals surface area contributed by atoms with Gasteiger partial charge in [0.05, 0.1) is 13.7 Å². The number of phenolic OH excluding ortho intramolecular Hbond substituents is 1. The third-order valence-electron chi connectivity index (χ3n) is 5.49. The minimum Gasteiger partial charge on any atom is -0.507 e. The van der Waals surface area contributed by atoms with Gasteiger partial charge in [0, 0.05) is 23.5 Å². The summed E-state index contributed by atoms with van der Waals surface area (Å²) in [6.07, 6.45) is 0.268. The van der Waals surface area contributed by atoms with Crippen molar-refractivity contribution in [1.82, 2.24) is 5.32 Å². The molecule has 0 saturated carbocycles. The highest BCUT2D eigenvalue weighted by molar-refractivity contribution is 6.00. The summed E-state index contributed by atoms with van der Waals surface area (Å²) in [6.45, 7) is 3.39. The highest BCUT2D eigenvalue weighted by Crippen LogP contribution is 2.35. The lowest BCUT2D eigenvalue weighted by Crippen LogP contribution is -2.33. The predicted octanol–water partition coefficient (Wildman–Crippen LogP) is 5.26. The third-order valence-corrected chi connectivity index (χ3v) is 5.49. The Kier molecular flexibility index (Phi) is 10.4. The molecule has 0 spiro atoms. The summed E-state index contributed by atoms with van der Waals surface area (Å²) in [5.41, 5.74) is 8.76. The summed E-state index contributed by atoms with van der Waals surface area (Å²) < 4.78 is 42.6. The van der Waals surface area contributed by atoms with Gasteiger partial charge in [-0.05, 0) is 49.2 Å². The number of benzene rings is 2. The Morgan fingerprint density at radius 1 is 1.29 bits per heavy atom. The molecule has 10 heteroatoms. The summed E-state index contributed by atoms with van der Waals surface area (Å²) in [5.74, 6) is -1.45. The number of halogens is 3. The molecule has 0 bridgehead atoms. The fourth-order valence-corrected chi connectivity index (χ4v) is 3.67. The number of aliphatic imine (C=N–C) groups is 1. The van der Waals surface area contributed by atoms with E-state index in [4.69, 9.17) is 10.5 Å². The number of methoxy groups -OCH3 is 1. The Morgan fingerprint density at radius 3 is 2.63 bits per heavy atom. The molecule has 7 nitrogen and oxygen atoms in total. The normalized spacial score (nSPS) is 12.5. The number of rotatable bonds is 12.